The molecule has 6 nitrogen and oxygen atoms in total. The first-order valence-electron chi connectivity index (χ1n) is 7.25. The maximum atomic E-state index is 12.0. The number of ether oxygens (including phenoxy) is 1. The van der Waals surface area contributed by atoms with Gasteiger partial charge in [0.15, 0.2) is 5.96 Å². The Morgan fingerprint density at radius 3 is 2.32 bits per heavy atom. The standard InChI is InChI=1S/C14H30N4O2S.HI/c1-7-18(13(19)20-14(2,3)4)10-8-16-12(15-5)17-9-11-21-6;/h7-11H2,1-6H3,(H2,15,16,17);1H. The molecule has 0 heterocycles. The summed E-state index contributed by atoms with van der Waals surface area (Å²) in [5, 5.41) is 6.40. The lowest BCUT2D eigenvalue weighted by atomic mass is 10.2. The van der Waals surface area contributed by atoms with Gasteiger partial charge in [-0.05, 0) is 34.0 Å². The number of hydrogen-bond acceptors (Lipinski definition) is 4. The molecule has 0 atom stereocenters. The fourth-order valence-corrected chi connectivity index (χ4v) is 1.81. The number of aliphatic imine (C=N–C) groups is 1. The molecule has 0 rings (SSSR count). The molecule has 0 unspecified atom stereocenters. The third kappa shape index (κ3) is 12.2. The topological polar surface area (TPSA) is 66.0 Å². The Hall–Kier alpha value is -0.380. The Morgan fingerprint density at radius 1 is 1.27 bits per heavy atom. The number of nitrogens with one attached hydrogen (secondary N) is 2. The maximum Gasteiger partial charge on any atom is 0.410 e. The monoisotopic (exact) mass is 446 g/mol. The molecule has 0 fully saturated rings. The summed E-state index contributed by atoms with van der Waals surface area (Å²) in [5.74, 6) is 1.78. The molecule has 2 N–H and O–H groups in total. The van der Waals surface area contributed by atoms with Crippen LogP contribution in [0.1, 0.15) is 27.7 Å². The van der Waals surface area contributed by atoms with Crippen LogP contribution in [0.5, 0.6) is 0 Å². The van der Waals surface area contributed by atoms with Gasteiger partial charge in [0, 0.05) is 39.0 Å². The molecule has 0 saturated carbocycles. The van der Waals surface area contributed by atoms with Crippen molar-refractivity contribution in [1.29, 1.82) is 0 Å². The van der Waals surface area contributed by atoms with Crippen molar-refractivity contribution in [2.75, 3.05) is 45.2 Å². The SMILES string of the molecule is CCN(CCNC(=NC)NCCSC)C(=O)OC(C)(C)C.I. The predicted molar refractivity (Wildman–Crippen MR) is 107 cm³/mol. The maximum absolute atomic E-state index is 12.0. The summed E-state index contributed by atoms with van der Waals surface area (Å²) < 4.78 is 5.36. The smallest absolute Gasteiger partial charge is 0.410 e. The van der Waals surface area contributed by atoms with Gasteiger partial charge in [-0.2, -0.15) is 11.8 Å². The van der Waals surface area contributed by atoms with Gasteiger partial charge in [-0.15, -0.1) is 24.0 Å². The van der Waals surface area contributed by atoms with Crippen LogP contribution in [-0.4, -0.2) is 67.8 Å². The minimum Gasteiger partial charge on any atom is -0.444 e. The summed E-state index contributed by atoms with van der Waals surface area (Å²) in [6.45, 7) is 10.2. The van der Waals surface area contributed by atoms with E-state index in [1.54, 1.807) is 23.7 Å². The van der Waals surface area contributed by atoms with Crippen LogP contribution >= 0.6 is 35.7 Å². The fraction of sp³-hybridized carbons (Fsp3) is 0.857. The molecule has 0 radical (unpaired) electrons. The van der Waals surface area contributed by atoms with Crippen LogP contribution in [0.4, 0.5) is 4.79 Å². The van der Waals surface area contributed by atoms with Crippen LogP contribution in [0.15, 0.2) is 4.99 Å². The summed E-state index contributed by atoms with van der Waals surface area (Å²) in [6.07, 6.45) is 1.79. The van der Waals surface area contributed by atoms with Gasteiger partial charge in [0.2, 0.25) is 0 Å². The minimum absolute atomic E-state index is 0. The summed E-state index contributed by atoms with van der Waals surface area (Å²) in [4.78, 5) is 17.8. The highest BCUT2D eigenvalue weighted by molar-refractivity contribution is 14.0. The van der Waals surface area contributed by atoms with Gasteiger partial charge < -0.3 is 20.3 Å². The van der Waals surface area contributed by atoms with Crippen molar-refractivity contribution >= 4 is 47.8 Å². The second-order valence-corrected chi connectivity index (χ2v) is 6.46. The number of carbonyl (C=O) groups is 1. The van der Waals surface area contributed by atoms with E-state index in [2.05, 4.69) is 21.9 Å². The third-order valence-corrected chi connectivity index (χ3v) is 3.14. The van der Waals surface area contributed by atoms with E-state index >= 15 is 0 Å². The van der Waals surface area contributed by atoms with Gasteiger partial charge in [0.05, 0.1) is 0 Å². The number of thioether (sulfide) groups is 1. The summed E-state index contributed by atoms with van der Waals surface area (Å²) in [7, 11) is 1.74. The molecule has 0 spiro atoms. The largest absolute Gasteiger partial charge is 0.444 e. The molecule has 0 aliphatic rings. The number of rotatable bonds is 7. The number of nitrogens with zero attached hydrogens (tertiary/aromatic N) is 2. The van der Waals surface area contributed by atoms with Crippen LogP contribution in [0.2, 0.25) is 0 Å². The normalized spacial score (nSPS) is 11.5. The quantitative estimate of drug-likeness (QED) is 0.272. The molecule has 8 heteroatoms. The van der Waals surface area contributed by atoms with Gasteiger partial charge in [-0.25, -0.2) is 4.79 Å². The van der Waals surface area contributed by atoms with E-state index < -0.39 is 5.60 Å². The molecular formula is C14H31IN4O2S. The van der Waals surface area contributed by atoms with Gasteiger partial charge in [0.25, 0.3) is 0 Å². The number of hydrogen-bond donors (Lipinski definition) is 2. The summed E-state index contributed by atoms with van der Waals surface area (Å²) in [5.41, 5.74) is -0.465. The minimum atomic E-state index is -0.465. The number of carbonyl (C=O) groups excluding carboxylic acids is 1. The Bertz CT molecular complexity index is 335. The van der Waals surface area contributed by atoms with E-state index in [0.717, 1.165) is 18.3 Å². The number of halogens is 1. The van der Waals surface area contributed by atoms with Crippen molar-refractivity contribution in [1.82, 2.24) is 15.5 Å². The molecule has 0 aromatic heterocycles. The second-order valence-electron chi connectivity index (χ2n) is 5.48. The molecule has 0 aliphatic heterocycles. The molecular weight excluding hydrogens is 415 g/mol. The van der Waals surface area contributed by atoms with E-state index in [-0.39, 0.29) is 30.1 Å². The van der Waals surface area contributed by atoms with E-state index in [1.807, 2.05) is 27.7 Å². The van der Waals surface area contributed by atoms with Crippen LogP contribution in [-0.2, 0) is 4.74 Å². The van der Waals surface area contributed by atoms with Gasteiger partial charge >= 0.3 is 6.09 Å². The highest BCUT2D eigenvalue weighted by Crippen LogP contribution is 2.09. The zero-order valence-electron chi connectivity index (χ0n) is 14.6. The van der Waals surface area contributed by atoms with Crippen molar-refractivity contribution in [2.45, 2.75) is 33.3 Å². The average Bonchev–Trinajstić information content (AvgIpc) is 2.39. The highest BCUT2D eigenvalue weighted by atomic mass is 127. The zero-order chi connectivity index (χ0) is 16.3. The number of likely N-dealkylation sites (N-methyl/N-ethyl adjacent to an activating group) is 1. The Morgan fingerprint density at radius 2 is 1.86 bits per heavy atom. The van der Waals surface area contributed by atoms with E-state index in [4.69, 9.17) is 4.74 Å². The molecule has 0 aromatic carbocycles. The molecule has 0 saturated heterocycles. The first-order chi connectivity index (χ1) is 9.84. The van der Waals surface area contributed by atoms with Crippen LogP contribution < -0.4 is 10.6 Å². The lowest BCUT2D eigenvalue weighted by Gasteiger charge is -2.26. The van der Waals surface area contributed by atoms with Crippen LogP contribution in [0, 0.1) is 0 Å². The van der Waals surface area contributed by atoms with Crippen molar-refractivity contribution in [3.63, 3.8) is 0 Å². The third-order valence-electron chi connectivity index (χ3n) is 2.53. The molecule has 22 heavy (non-hydrogen) atoms. The van der Waals surface area contributed by atoms with E-state index in [1.165, 1.54) is 0 Å². The number of guanidine groups is 1. The van der Waals surface area contributed by atoms with E-state index in [9.17, 15) is 4.79 Å². The lowest BCUT2D eigenvalue weighted by molar-refractivity contribution is 0.0264. The summed E-state index contributed by atoms with van der Waals surface area (Å²) >= 11 is 1.78. The Labute approximate surface area is 156 Å². The average molecular weight is 446 g/mol. The highest BCUT2D eigenvalue weighted by Gasteiger charge is 2.20. The molecule has 0 aliphatic carbocycles. The fourth-order valence-electron chi connectivity index (χ4n) is 1.51. The van der Waals surface area contributed by atoms with Gasteiger partial charge in [-0.1, -0.05) is 0 Å². The second kappa shape index (κ2) is 13.1. The zero-order valence-corrected chi connectivity index (χ0v) is 17.7. The molecule has 1 amide bonds. The molecule has 132 valence electrons. The van der Waals surface area contributed by atoms with Crippen molar-refractivity contribution in [3.8, 4) is 0 Å². The first kappa shape index (κ1) is 23.9. The van der Waals surface area contributed by atoms with Crippen molar-refractivity contribution < 1.29 is 9.53 Å². The van der Waals surface area contributed by atoms with E-state index in [0.29, 0.717) is 19.6 Å². The molecule has 0 aromatic rings. The first-order valence-corrected chi connectivity index (χ1v) is 8.64. The Balaban J connectivity index is 0. The van der Waals surface area contributed by atoms with Crippen LogP contribution in [0.25, 0.3) is 0 Å². The van der Waals surface area contributed by atoms with Crippen molar-refractivity contribution in [3.05, 3.63) is 0 Å². The summed E-state index contributed by atoms with van der Waals surface area (Å²) in [6, 6.07) is 0. The predicted octanol–water partition coefficient (Wildman–Crippen LogP) is 2.39. The van der Waals surface area contributed by atoms with Crippen LogP contribution in [0.3, 0.4) is 0 Å². The van der Waals surface area contributed by atoms with Gasteiger partial charge in [-0.3, -0.25) is 4.99 Å². The Kier molecular flexibility index (Phi) is 14.2. The van der Waals surface area contributed by atoms with Gasteiger partial charge in [0.1, 0.15) is 5.60 Å². The number of amides is 1. The van der Waals surface area contributed by atoms with Crippen molar-refractivity contribution in [2.24, 2.45) is 4.99 Å². The molecule has 0 bridgehead atoms. The lowest BCUT2D eigenvalue weighted by Crippen LogP contribution is -2.44.